The van der Waals surface area contributed by atoms with E-state index in [4.69, 9.17) is 0 Å². The molecule has 6 nitrogen and oxygen atoms in total. The number of thiophene rings is 1. The van der Waals surface area contributed by atoms with Gasteiger partial charge in [0.15, 0.2) is 0 Å². The Kier molecular flexibility index (Phi) is 5.34. The Morgan fingerprint density at radius 1 is 1.36 bits per heavy atom. The average Bonchev–Trinajstić information content (AvgIpc) is 3.40. The van der Waals surface area contributed by atoms with Crippen molar-refractivity contribution in [1.82, 2.24) is 19.9 Å². The monoisotopic (exact) mass is 394 g/mol. The molecule has 0 aliphatic carbocycles. The highest BCUT2D eigenvalue weighted by atomic mass is 32.1. The maximum atomic E-state index is 12.8. The van der Waals surface area contributed by atoms with Gasteiger partial charge in [0, 0.05) is 53.8 Å². The van der Waals surface area contributed by atoms with Crippen molar-refractivity contribution >= 4 is 17.2 Å². The van der Waals surface area contributed by atoms with E-state index in [9.17, 15) is 9.59 Å². The lowest BCUT2D eigenvalue weighted by molar-refractivity contribution is -0.133. The van der Waals surface area contributed by atoms with Crippen molar-refractivity contribution in [2.75, 3.05) is 13.1 Å². The van der Waals surface area contributed by atoms with E-state index in [0.29, 0.717) is 18.9 Å². The van der Waals surface area contributed by atoms with E-state index in [1.807, 2.05) is 35.4 Å². The molecule has 4 rings (SSSR count). The third-order valence-corrected chi connectivity index (χ3v) is 6.04. The third-order valence-electron chi connectivity index (χ3n) is 5.14. The molecule has 3 aromatic heterocycles. The van der Waals surface area contributed by atoms with Gasteiger partial charge in [-0.1, -0.05) is 13.0 Å². The molecule has 0 spiro atoms. The van der Waals surface area contributed by atoms with Gasteiger partial charge in [-0.05, 0) is 36.4 Å². The van der Waals surface area contributed by atoms with Crippen LogP contribution in [0.4, 0.5) is 0 Å². The standard InChI is InChI=1S/C21H22N4O2S/c1-14(11-17-3-2-10-28-17)21(27)25-9-6-16(13-25)18-12-19(26)24-20(23-18)15-4-7-22-8-5-15/h2-5,7-8,10,12,14,16H,6,9,11,13H2,1H3,(H,23,24,26)/t14-,16-/m0/s1. The summed E-state index contributed by atoms with van der Waals surface area (Å²) in [4.78, 5) is 39.6. The molecular formula is C21H22N4O2S. The first kappa shape index (κ1) is 18.6. The number of likely N-dealkylation sites (tertiary alicyclic amines) is 1. The minimum Gasteiger partial charge on any atom is -0.342 e. The number of amides is 1. The SMILES string of the molecule is C[C@@H](Cc1cccs1)C(=O)N1CC[C@H](c2cc(=O)[nH]c(-c3ccncc3)n2)C1. The largest absolute Gasteiger partial charge is 0.342 e. The molecule has 0 radical (unpaired) electrons. The van der Waals surface area contributed by atoms with E-state index >= 15 is 0 Å². The molecule has 1 N–H and O–H groups in total. The van der Waals surface area contributed by atoms with Gasteiger partial charge in [0.25, 0.3) is 5.56 Å². The number of hydrogen-bond donors (Lipinski definition) is 1. The molecule has 1 fully saturated rings. The first-order valence-corrected chi connectivity index (χ1v) is 10.3. The Labute approximate surface area is 167 Å². The fourth-order valence-corrected chi connectivity index (χ4v) is 4.50. The molecule has 3 aromatic rings. The van der Waals surface area contributed by atoms with Gasteiger partial charge in [-0.15, -0.1) is 11.3 Å². The summed E-state index contributed by atoms with van der Waals surface area (Å²) in [5.74, 6) is 0.758. The highest BCUT2D eigenvalue weighted by Gasteiger charge is 2.31. The molecule has 0 bridgehead atoms. The first-order valence-electron chi connectivity index (χ1n) is 9.43. The topological polar surface area (TPSA) is 79.0 Å². The number of aromatic nitrogens is 3. The molecule has 1 aliphatic rings. The van der Waals surface area contributed by atoms with Crippen molar-refractivity contribution in [2.24, 2.45) is 5.92 Å². The van der Waals surface area contributed by atoms with Crippen LogP contribution in [0.25, 0.3) is 11.4 Å². The zero-order chi connectivity index (χ0) is 19.5. The van der Waals surface area contributed by atoms with Crippen LogP contribution in [-0.4, -0.2) is 38.8 Å². The predicted octanol–water partition coefficient (Wildman–Crippen LogP) is 3.09. The molecule has 0 saturated carbocycles. The Balaban J connectivity index is 1.47. The normalized spacial score (nSPS) is 17.6. The molecule has 2 atom stereocenters. The van der Waals surface area contributed by atoms with Crippen LogP contribution in [0.2, 0.25) is 0 Å². The highest BCUT2D eigenvalue weighted by Crippen LogP contribution is 2.28. The van der Waals surface area contributed by atoms with E-state index in [2.05, 4.69) is 21.0 Å². The van der Waals surface area contributed by atoms with Crippen molar-refractivity contribution in [1.29, 1.82) is 0 Å². The molecule has 0 unspecified atom stereocenters. The highest BCUT2D eigenvalue weighted by molar-refractivity contribution is 7.09. The summed E-state index contributed by atoms with van der Waals surface area (Å²) in [5.41, 5.74) is 1.40. The summed E-state index contributed by atoms with van der Waals surface area (Å²) < 4.78 is 0. The average molecular weight is 395 g/mol. The van der Waals surface area contributed by atoms with Crippen molar-refractivity contribution in [3.63, 3.8) is 0 Å². The van der Waals surface area contributed by atoms with Crippen LogP contribution in [0.1, 0.15) is 29.8 Å². The van der Waals surface area contributed by atoms with E-state index in [0.717, 1.165) is 24.1 Å². The van der Waals surface area contributed by atoms with Crippen LogP contribution in [0, 0.1) is 5.92 Å². The summed E-state index contributed by atoms with van der Waals surface area (Å²) in [5, 5.41) is 2.04. The Bertz CT molecular complexity index is 1000. The fraction of sp³-hybridized carbons (Fsp3) is 0.333. The molecule has 1 aliphatic heterocycles. The van der Waals surface area contributed by atoms with Gasteiger partial charge < -0.3 is 9.88 Å². The maximum absolute atomic E-state index is 12.8. The van der Waals surface area contributed by atoms with Gasteiger partial charge in [0.2, 0.25) is 5.91 Å². The minimum atomic E-state index is -0.173. The lowest BCUT2D eigenvalue weighted by Crippen LogP contribution is -2.34. The number of rotatable bonds is 5. The van der Waals surface area contributed by atoms with E-state index in [1.54, 1.807) is 29.8 Å². The van der Waals surface area contributed by atoms with Gasteiger partial charge in [0.1, 0.15) is 5.82 Å². The molecule has 1 saturated heterocycles. The van der Waals surface area contributed by atoms with Crippen LogP contribution in [-0.2, 0) is 11.2 Å². The van der Waals surface area contributed by atoms with Crippen LogP contribution < -0.4 is 5.56 Å². The molecule has 7 heteroatoms. The third kappa shape index (κ3) is 4.04. The number of nitrogens with one attached hydrogen (secondary N) is 1. The van der Waals surface area contributed by atoms with E-state index in [-0.39, 0.29) is 23.3 Å². The zero-order valence-electron chi connectivity index (χ0n) is 15.7. The molecular weight excluding hydrogens is 372 g/mol. The second-order valence-corrected chi connectivity index (χ2v) is 8.24. The van der Waals surface area contributed by atoms with E-state index < -0.39 is 0 Å². The second kappa shape index (κ2) is 8.06. The summed E-state index contributed by atoms with van der Waals surface area (Å²) >= 11 is 1.69. The second-order valence-electron chi connectivity index (χ2n) is 7.21. The number of H-pyrrole nitrogens is 1. The zero-order valence-corrected chi connectivity index (χ0v) is 16.5. The maximum Gasteiger partial charge on any atom is 0.251 e. The quantitative estimate of drug-likeness (QED) is 0.721. The van der Waals surface area contributed by atoms with Gasteiger partial charge in [-0.3, -0.25) is 14.6 Å². The van der Waals surface area contributed by atoms with Crippen molar-refractivity contribution in [2.45, 2.75) is 25.7 Å². The number of aromatic amines is 1. The van der Waals surface area contributed by atoms with Crippen LogP contribution in [0.15, 0.2) is 52.9 Å². The fourth-order valence-electron chi connectivity index (χ4n) is 3.66. The van der Waals surface area contributed by atoms with Gasteiger partial charge >= 0.3 is 0 Å². The summed E-state index contributed by atoms with van der Waals surface area (Å²) in [6.07, 6.45) is 4.94. The molecule has 28 heavy (non-hydrogen) atoms. The van der Waals surface area contributed by atoms with Crippen molar-refractivity contribution in [3.05, 3.63) is 69.0 Å². The molecule has 144 valence electrons. The summed E-state index contributed by atoms with van der Waals surface area (Å²) in [7, 11) is 0. The number of carbonyl (C=O) groups excluding carboxylic acids is 1. The van der Waals surface area contributed by atoms with Gasteiger partial charge in [-0.25, -0.2) is 4.98 Å². The van der Waals surface area contributed by atoms with Crippen LogP contribution >= 0.6 is 11.3 Å². The van der Waals surface area contributed by atoms with E-state index in [1.165, 1.54) is 4.88 Å². The van der Waals surface area contributed by atoms with Crippen molar-refractivity contribution in [3.8, 4) is 11.4 Å². The lowest BCUT2D eigenvalue weighted by atomic mass is 10.0. The molecule has 1 amide bonds. The number of carbonyl (C=O) groups is 1. The smallest absolute Gasteiger partial charge is 0.251 e. The Morgan fingerprint density at radius 2 is 2.18 bits per heavy atom. The Hall–Kier alpha value is -2.80. The number of pyridine rings is 1. The van der Waals surface area contributed by atoms with Crippen LogP contribution in [0.5, 0.6) is 0 Å². The van der Waals surface area contributed by atoms with Gasteiger partial charge in [-0.2, -0.15) is 0 Å². The van der Waals surface area contributed by atoms with Gasteiger partial charge in [0.05, 0.1) is 5.69 Å². The Morgan fingerprint density at radius 3 is 2.93 bits per heavy atom. The minimum absolute atomic E-state index is 0.0445. The lowest BCUT2D eigenvalue weighted by Gasteiger charge is -2.20. The van der Waals surface area contributed by atoms with Crippen LogP contribution in [0.3, 0.4) is 0 Å². The summed E-state index contributed by atoms with van der Waals surface area (Å²) in [6.45, 7) is 3.31. The number of nitrogens with zero attached hydrogens (tertiary/aromatic N) is 3. The molecule has 0 aromatic carbocycles. The predicted molar refractivity (Wildman–Crippen MR) is 109 cm³/mol. The van der Waals surface area contributed by atoms with Crippen molar-refractivity contribution < 1.29 is 4.79 Å². The number of hydrogen-bond acceptors (Lipinski definition) is 5. The molecule has 4 heterocycles. The first-order chi connectivity index (χ1) is 13.6. The summed E-state index contributed by atoms with van der Waals surface area (Å²) in [6, 6.07) is 9.28.